The predicted molar refractivity (Wildman–Crippen MR) is 147 cm³/mol. The maximum Gasteiger partial charge on any atom is 0.387 e. The summed E-state index contributed by atoms with van der Waals surface area (Å²) in [6, 6.07) is 7.14. The number of hydrogen-bond acceptors (Lipinski definition) is 4. The van der Waals surface area contributed by atoms with Crippen molar-refractivity contribution in [3.63, 3.8) is 0 Å². The fourth-order valence-electron chi connectivity index (χ4n) is 5.94. The maximum absolute atomic E-state index is 14.3. The predicted octanol–water partition coefficient (Wildman–Crippen LogP) is 7.46. The van der Waals surface area contributed by atoms with Crippen LogP contribution in [0.25, 0.3) is 6.08 Å². The quantitative estimate of drug-likeness (QED) is 0.245. The number of benzene rings is 2. The molecule has 1 aliphatic carbocycles. The highest BCUT2D eigenvalue weighted by Crippen LogP contribution is 2.32. The summed E-state index contributed by atoms with van der Waals surface area (Å²) in [6.45, 7) is -0.249. The molecule has 41 heavy (non-hydrogen) atoms. The van der Waals surface area contributed by atoms with Crippen LogP contribution in [0.5, 0.6) is 11.5 Å². The summed E-state index contributed by atoms with van der Waals surface area (Å²) in [5.74, 6) is -1.89. The van der Waals surface area contributed by atoms with Gasteiger partial charge >= 0.3 is 6.61 Å². The van der Waals surface area contributed by atoms with Crippen molar-refractivity contribution in [1.29, 1.82) is 0 Å². The lowest BCUT2D eigenvalue weighted by Crippen LogP contribution is -2.45. The molecule has 1 saturated heterocycles. The number of likely N-dealkylation sites (tertiary alicyclic amines) is 1. The number of hydrogen-bond donors (Lipinski definition) is 0. The molecule has 5 nitrogen and oxygen atoms in total. The Morgan fingerprint density at radius 1 is 1.05 bits per heavy atom. The molecule has 0 bridgehead atoms. The summed E-state index contributed by atoms with van der Waals surface area (Å²) >= 11 is 0. The highest BCUT2D eigenvalue weighted by molar-refractivity contribution is 5.95. The zero-order chi connectivity index (χ0) is 29.4. The van der Waals surface area contributed by atoms with Gasteiger partial charge < -0.3 is 14.4 Å². The number of alkyl halides is 3. The smallest absolute Gasteiger partial charge is 0.387 e. The Kier molecular flexibility index (Phi) is 11.0. The second-order valence-electron chi connectivity index (χ2n) is 10.9. The van der Waals surface area contributed by atoms with Crippen LogP contribution < -0.4 is 9.47 Å². The molecule has 2 fully saturated rings. The van der Waals surface area contributed by atoms with Gasteiger partial charge in [-0.3, -0.25) is 9.69 Å². The minimum absolute atomic E-state index is 0.0736. The van der Waals surface area contributed by atoms with Crippen LogP contribution in [0.3, 0.4) is 0 Å². The normalized spacial score (nSPS) is 18.6. The van der Waals surface area contributed by atoms with Crippen molar-refractivity contribution in [3.05, 3.63) is 64.7 Å². The first kappa shape index (κ1) is 30.8. The maximum atomic E-state index is 14.3. The lowest BCUT2D eigenvalue weighted by Gasteiger charge is -2.34. The molecular formula is C31H37F5N2O3. The zero-order valence-electron chi connectivity index (χ0n) is 23.3. The number of halogens is 5. The van der Waals surface area contributed by atoms with Crippen molar-refractivity contribution in [3.8, 4) is 11.5 Å². The Balaban J connectivity index is 1.59. The SMILES string of the molecule is C/C(=C\c1ccc(F)cc1F)CN(C[C@@H]1CCCN1CC1CCCCC1)C(=O)c1ccc(OCF)c(OC(F)F)c1. The van der Waals surface area contributed by atoms with Gasteiger partial charge in [-0.15, -0.1) is 0 Å². The topological polar surface area (TPSA) is 42.0 Å². The molecular weight excluding hydrogens is 543 g/mol. The standard InChI is InChI=1S/C31H37F5N2O3/c1-21(14-23-9-11-25(33)16-27(23)34)17-38(19-26-8-5-13-37(26)18-22-6-3-2-4-7-22)30(39)24-10-12-28(40-20-32)29(15-24)41-31(35)36/h9-12,14-16,22,26,31H,2-8,13,17-20H2,1H3/b21-14+/t26-/m0/s1. The van der Waals surface area contributed by atoms with Gasteiger partial charge in [-0.2, -0.15) is 8.78 Å². The monoisotopic (exact) mass is 580 g/mol. The van der Waals surface area contributed by atoms with Crippen LogP contribution >= 0.6 is 0 Å². The van der Waals surface area contributed by atoms with Gasteiger partial charge in [-0.05, 0) is 75.4 Å². The first-order valence-electron chi connectivity index (χ1n) is 14.2. The minimum Gasteiger partial charge on any atom is -0.459 e. The Hall–Kier alpha value is -3.14. The number of rotatable bonds is 12. The third-order valence-corrected chi connectivity index (χ3v) is 7.86. The number of amides is 1. The number of carbonyl (C=O) groups is 1. The van der Waals surface area contributed by atoms with Crippen molar-refractivity contribution in [2.45, 2.75) is 64.5 Å². The molecule has 0 spiro atoms. The lowest BCUT2D eigenvalue weighted by atomic mass is 9.89. The van der Waals surface area contributed by atoms with Crippen molar-refractivity contribution in [1.82, 2.24) is 9.80 Å². The highest BCUT2D eigenvalue weighted by Gasteiger charge is 2.31. The largest absolute Gasteiger partial charge is 0.459 e. The Morgan fingerprint density at radius 2 is 1.83 bits per heavy atom. The van der Waals surface area contributed by atoms with E-state index in [1.54, 1.807) is 17.9 Å². The van der Waals surface area contributed by atoms with Crippen LogP contribution in [0.2, 0.25) is 0 Å². The Bertz CT molecular complexity index is 1200. The minimum atomic E-state index is -3.19. The van der Waals surface area contributed by atoms with Crippen LogP contribution in [0.4, 0.5) is 22.0 Å². The van der Waals surface area contributed by atoms with E-state index in [0.717, 1.165) is 38.1 Å². The summed E-state index contributed by atoms with van der Waals surface area (Å²) in [6.07, 6.45) is 9.65. The molecule has 1 aliphatic heterocycles. The van der Waals surface area contributed by atoms with Gasteiger partial charge in [-0.1, -0.05) is 30.9 Å². The average molecular weight is 581 g/mol. The summed E-state index contributed by atoms with van der Waals surface area (Å²) in [7, 11) is 0. The van der Waals surface area contributed by atoms with Gasteiger partial charge in [0, 0.05) is 42.9 Å². The molecule has 224 valence electrons. The molecule has 2 aromatic rings. The fraction of sp³-hybridized carbons (Fsp3) is 0.516. The summed E-state index contributed by atoms with van der Waals surface area (Å²) < 4.78 is 75.9. The van der Waals surface area contributed by atoms with Gasteiger partial charge in [0.05, 0.1) is 0 Å². The highest BCUT2D eigenvalue weighted by atomic mass is 19.3. The average Bonchev–Trinajstić information content (AvgIpc) is 3.37. The molecule has 0 radical (unpaired) electrons. The third-order valence-electron chi connectivity index (χ3n) is 7.86. The van der Waals surface area contributed by atoms with E-state index in [4.69, 9.17) is 4.74 Å². The van der Waals surface area contributed by atoms with Crippen LogP contribution in [-0.2, 0) is 0 Å². The van der Waals surface area contributed by atoms with Crippen molar-refractivity contribution in [2.75, 3.05) is 33.0 Å². The van der Waals surface area contributed by atoms with Crippen molar-refractivity contribution < 1.29 is 36.2 Å². The molecule has 4 rings (SSSR count). The molecule has 0 unspecified atom stereocenters. The molecule has 1 saturated carbocycles. The Labute approximate surface area is 237 Å². The van der Waals surface area contributed by atoms with E-state index in [0.29, 0.717) is 18.0 Å². The van der Waals surface area contributed by atoms with Gasteiger partial charge in [0.25, 0.3) is 5.91 Å². The van der Waals surface area contributed by atoms with E-state index in [9.17, 15) is 26.7 Å². The van der Waals surface area contributed by atoms with Crippen LogP contribution in [0.1, 0.15) is 67.8 Å². The summed E-state index contributed by atoms with van der Waals surface area (Å²) in [4.78, 5) is 17.9. The second kappa shape index (κ2) is 14.7. The van der Waals surface area contributed by atoms with E-state index in [1.165, 1.54) is 56.4 Å². The van der Waals surface area contributed by atoms with E-state index in [1.807, 2.05) is 0 Å². The Morgan fingerprint density at radius 3 is 2.54 bits per heavy atom. The van der Waals surface area contributed by atoms with E-state index < -0.39 is 36.8 Å². The van der Waals surface area contributed by atoms with Crippen molar-refractivity contribution in [2.24, 2.45) is 5.92 Å². The first-order chi connectivity index (χ1) is 19.7. The molecule has 1 heterocycles. The summed E-state index contributed by atoms with van der Waals surface area (Å²) in [5.41, 5.74) is 0.919. The number of nitrogens with zero attached hydrogens (tertiary/aromatic N) is 2. The third kappa shape index (κ3) is 8.67. The number of carbonyl (C=O) groups excluding carboxylic acids is 1. The van der Waals surface area contributed by atoms with Gasteiger partial charge in [0.15, 0.2) is 11.5 Å². The molecule has 2 aliphatic rings. The summed E-state index contributed by atoms with van der Waals surface area (Å²) in [5, 5.41) is 0. The molecule has 1 amide bonds. The van der Waals surface area contributed by atoms with Gasteiger partial charge in [0.2, 0.25) is 6.86 Å². The molecule has 0 aromatic heterocycles. The number of ether oxygens (including phenoxy) is 2. The first-order valence-corrected chi connectivity index (χ1v) is 14.2. The van der Waals surface area contributed by atoms with Crippen LogP contribution in [-0.4, -0.2) is 61.4 Å². The van der Waals surface area contributed by atoms with Crippen molar-refractivity contribution >= 4 is 12.0 Å². The van der Waals surface area contributed by atoms with Crippen LogP contribution in [0, 0.1) is 17.6 Å². The fourth-order valence-corrected chi connectivity index (χ4v) is 5.94. The zero-order valence-corrected chi connectivity index (χ0v) is 23.3. The van der Waals surface area contributed by atoms with E-state index in [-0.39, 0.29) is 29.5 Å². The van der Waals surface area contributed by atoms with E-state index >= 15 is 0 Å². The second-order valence-corrected chi connectivity index (χ2v) is 10.9. The molecule has 0 N–H and O–H groups in total. The molecule has 1 atom stereocenters. The van der Waals surface area contributed by atoms with Gasteiger partial charge in [0.1, 0.15) is 11.6 Å². The van der Waals surface area contributed by atoms with E-state index in [2.05, 4.69) is 9.64 Å². The molecule has 10 heteroatoms. The van der Waals surface area contributed by atoms with Crippen LogP contribution in [0.15, 0.2) is 42.0 Å². The van der Waals surface area contributed by atoms with Gasteiger partial charge in [-0.25, -0.2) is 13.2 Å². The lowest BCUT2D eigenvalue weighted by molar-refractivity contribution is -0.0520. The molecule has 2 aromatic carbocycles.